The van der Waals surface area contributed by atoms with Crippen molar-refractivity contribution in [2.24, 2.45) is 5.41 Å². The molecule has 0 atom stereocenters. The van der Waals surface area contributed by atoms with Gasteiger partial charge in [0.2, 0.25) is 0 Å². The summed E-state index contributed by atoms with van der Waals surface area (Å²) in [5.74, 6) is 1.21. The SMILES string of the molecule is CN(C)CC(C)(C)Cn1c(CCl)nc2cc(Cl)c(Cl)cc21. The van der Waals surface area contributed by atoms with Crippen LogP contribution < -0.4 is 0 Å². The molecule has 0 aliphatic carbocycles. The van der Waals surface area contributed by atoms with Crippen LogP contribution in [0, 0.1) is 5.41 Å². The van der Waals surface area contributed by atoms with Crippen LogP contribution in [0.1, 0.15) is 19.7 Å². The molecule has 0 radical (unpaired) electrons. The van der Waals surface area contributed by atoms with Gasteiger partial charge in [-0.15, -0.1) is 11.6 Å². The van der Waals surface area contributed by atoms with Gasteiger partial charge in [0.1, 0.15) is 5.82 Å². The Bertz CT molecular complexity index is 647. The fourth-order valence-electron chi connectivity index (χ4n) is 2.78. The normalized spacial score (nSPS) is 12.6. The van der Waals surface area contributed by atoms with Gasteiger partial charge in [-0.05, 0) is 31.6 Å². The van der Waals surface area contributed by atoms with Crippen molar-refractivity contribution >= 4 is 45.8 Å². The van der Waals surface area contributed by atoms with Gasteiger partial charge in [-0.25, -0.2) is 4.98 Å². The average molecular weight is 349 g/mol. The van der Waals surface area contributed by atoms with Crippen molar-refractivity contribution < 1.29 is 0 Å². The molecular weight excluding hydrogens is 329 g/mol. The van der Waals surface area contributed by atoms with E-state index < -0.39 is 0 Å². The van der Waals surface area contributed by atoms with E-state index in [-0.39, 0.29) is 5.41 Å². The molecule has 0 aliphatic rings. The predicted octanol–water partition coefficient (Wildman–Crippen LogP) is 4.67. The third kappa shape index (κ3) is 3.84. The van der Waals surface area contributed by atoms with E-state index in [0.29, 0.717) is 15.9 Å². The van der Waals surface area contributed by atoms with Crippen LogP contribution in [0.25, 0.3) is 11.0 Å². The standard InChI is InChI=1S/C15H20Cl3N3/c1-15(2,8-20(3)4)9-21-13-6-11(18)10(17)5-12(13)19-14(21)7-16/h5-6H,7-9H2,1-4H3. The van der Waals surface area contributed by atoms with Crippen molar-refractivity contribution in [1.29, 1.82) is 0 Å². The van der Waals surface area contributed by atoms with Crippen molar-refractivity contribution in [2.45, 2.75) is 26.3 Å². The van der Waals surface area contributed by atoms with E-state index >= 15 is 0 Å². The van der Waals surface area contributed by atoms with Crippen LogP contribution >= 0.6 is 34.8 Å². The summed E-state index contributed by atoms with van der Waals surface area (Å²) in [6, 6.07) is 3.67. The molecule has 0 fully saturated rings. The molecule has 0 saturated heterocycles. The summed E-state index contributed by atoms with van der Waals surface area (Å²) in [6.45, 7) is 6.25. The van der Waals surface area contributed by atoms with Gasteiger partial charge in [0, 0.05) is 13.1 Å². The van der Waals surface area contributed by atoms with E-state index in [1.165, 1.54) is 0 Å². The number of halogens is 3. The Labute approximate surface area is 140 Å². The first-order valence-corrected chi connectivity index (χ1v) is 8.07. The highest BCUT2D eigenvalue weighted by atomic mass is 35.5. The Balaban J connectivity index is 2.49. The number of fused-ring (bicyclic) bond motifs is 1. The maximum Gasteiger partial charge on any atom is 0.124 e. The summed E-state index contributed by atoms with van der Waals surface area (Å²) in [4.78, 5) is 6.75. The minimum absolute atomic E-state index is 0.0874. The van der Waals surface area contributed by atoms with Gasteiger partial charge in [0.05, 0.1) is 27.0 Å². The van der Waals surface area contributed by atoms with Crippen LogP contribution in [0.4, 0.5) is 0 Å². The third-order valence-electron chi connectivity index (χ3n) is 3.32. The maximum atomic E-state index is 6.15. The fourth-order valence-corrected chi connectivity index (χ4v) is 3.30. The highest BCUT2D eigenvalue weighted by Gasteiger charge is 2.23. The van der Waals surface area contributed by atoms with Gasteiger partial charge < -0.3 is 9.47 Å². The van der Waals surface area contributed by atoms with Crippen molar-refractivity contribution in [3.05, 3.63) is 28.0 Å². The zero-order valence-electron chi connectivity index (χ0n) is 12.8. The number of nitrogens with zero attached hydrogens (tertiary/aromatic N) is 3. The number of aromatic nitrogens is 2. The minimum Gasteiger partial charge on any atom is -0.326 e. The lowest BCUT2D eigenvalue weighted by Crippen LogP contribution is -2.32. The van der Waals surface area contributed by atoms with Gasteiger partial charge in [-0.2, -0.15) is 0 Å². The number of benzene rings is 1. The molecular formula is C15H20Cl3N3. The monoisotopic (exact) mass is 347 g/mol. The molecule has 0 unspecified atom stereocenters. The van der Waals surface area contributed by atoms with Crippen LogP contribution in [0.15, 0.2) is 12.1 Å². The average Bonchev–Trinajstić information content (AvgIpc) is 2.65. The lowest BCUT2D eigenvalue weighted by atomic mass is 9.92. The number of hydrogen-bond acceptors (Lipinski definition) is 2. The number of alkyl halides is 1. The van der Waals surface area contributed by atoms with Crippen molar-refractivity contribution in [2.75, 3.05) is 20.6 Å². The molecule has 0 bridgehead atoms. The van der Waals surface area contributed by atoms with E-state index in [1.54, 1.807) is 6.07 Å². The molecule has 1 heterocycles. The summed E-state index contributed by atoms with van der Waals surface area (Å²) < 4.78 is 2.15. The second-order valence-electron chi connectivity index (χ2n) is 6.40. The Morgan fingerprint density at radius 1 is 1.19 bits per heavy atom. The first kappa shape index (κ1) is 16.9. The third-order valence-corrected chi connectivity index (χ3v) is 4.28. The summed E-state index contributed by atoms with van der Waals surface area (Å²) in [7, 11) is 4.15. The molecule has 0 aliphatic heterocycles. The lowest BCUT2D eigenvalue weighted by Gasteiger charge is -2.29. The first-order valence-electron chi connectivity index (χ1n) is 6.78. The van der Waals surface area contributed by atoms with Gasteiger partial charge in [-0.1, -0.05) is 37.0 Å². The molecule has 116 valence electrons. The maximum absolute atomic E-state index is 6.15. The van der Waals surface area contributed by atoms with Gasteiger partial charge in [0.25, 0.3) is 0 Å². The first-order chi connectivity index (χ1) is 9.73. The Morgan fingerprint density at radius 2 is 1.81 bits per heavy atom. The van der Waals surface area contributed by atoms with Crippen molar-refractivity contribution in [3.8, 4) is 0 Å². The summed E-state index contributed by atoms with van der Waals surface area (Å²) in [5.41, 5.74) is 1.90. The largest absolute Gasteiger partial charge is 0.326 e. The molecule has 6 heteroatoms. The van der Waals surface area contributed by atoms with Gasteiger partial charge >= 0.3 is 0 Å². The van der Waals surface area contributed by atoms with Gasteiger partial charge in [-0.3, -0.25) is 0 Å². The number of rotatable bonds is 5. The Morgan fingerprint density at radius 3 is 2.38 bits per heavy atom. The molecule has 3 nitrogen and oxygen atoms in total. The Hall–Kier alpha value is -0.480. The summed E-state index contributed by atoms with van der Waals surface area (Å²) >= 11 is 18.3. The highest BCUT2D eigenvalue weighted by Crippen LogP contribution is 2.31. The summed E-state index contributed by atoms with van der Waals surface area (Å²) in [5, 5.41) is 1.05. The predicted molar refractivity (Wildman–Crippen MR) is 91.6 cm³/mol. The quantitative estimate of drug-likeness (QED) is 0.732. The number of imidazole rings is 1. The smallest absolute Gasteiger partial charge is 0.124 e. The van der Waals surface area contributed by atoms with Crippen LogP contribution in [-0.2, 0) is 12.4 Å². The van der Waals surface area contributed by atoms with Gasteiger partial charge in [0.15, 0.2) is 0 Å². The van der Waals surface area contributed by atoms with Crippen LogP contribution in [-0.4, -0.2) is 35.1 Å². The second-order valence-corrected chi connectivity index (χ2v) is 7.49. The molecule has 1 aromatic heterocycles. The lowest BCUT2D eigenvalue weighted by molar-refractivity contribution is 0.212. The van der Waals surface area contributed by atoms with Crippen LogP contribution in [0.5, 0.6) is 0 Å². The van der Waals surface area contributed by atoms with E-state index in [2.05, 4.69) is 42.4 Å². The van der Waals surface area contributed by atoms with Crippen LogP contribution in [0.2, 0.25) is 10.0 Å². The second kappa shape index (κ2) is 6.33. The van der Waals surface area contributed by atoms with E-state index in [4.69, 9.17) is 34.8 Å². The number of hydrogen-bond donors (Lipinski definition) is 0. The van der Waals surface area contributed by atoms with Crippen LogP contribution in [0.3, 0.4) is 0 Å². The molecule has 2 rings (SSSR count). The molecule has 0 N–H and O–H groups in total. The summed E-state index contributed by atoms with van der Waals surface area (Å²) in [6.07, 6.45) is 0. The van der Waals surface area contributed by atoms with Crippen molar-refractivity contribution in [1.82, 2.24) is 14.5 Å². The van der Waals surface area contributed by atoms with E-state index in [9.17, 15) is 0 Å². The Kier molecular flexibility index (Phi) is 5.09. The topological polar surface area (TPSA) is 21.1 Å². The fraction of sp³-hybridized carbons (Fsp3) is 0.533. The molecule has 0 amide bonds. The zero-order valence-corrected chi connectivity index (χ0v) is 15.0. The zero-order chi connectivity index (χ0) is 15.8. The molecule has 0 saturated carbocycles. The molecule has 21 heavy (non-hydrogen) atoms. The van der Waals surface area contributed by atoms with Crippen molar-refractivity contribution in [3.63, 3.8) is 0 Å². The molecule has 2 aromatic rings. The molecule has 1 aromatic carbocycles. The minimum atomic E-state index is 0.0874. The highest BCUT2D eigenvalue weighted by molar-refractivity contribution is 6.42. The van der Waals surface area contributed by atoms with E-state index in [1.807, 2.05) is 6.07 Å². The van der Waals surface area contributed by atoms with E-state index in [0.717, 1.165) is 29.9 Å². The molecule has 0 spiro atoms.